The van der Waals surface area contributed by atoms with Crippen molar-refractivity contribution < 1.29 is 14.3 Å². The summed E-state index contributed by atoms with van der Waals surface area (Å²) in [5.41, 5.74) is 5.77. The van der Waals surface area contributed by atoms with Crippen LogP contribution >= 0.6 is 23.2 Å². The van der Waals surface area contributed by atoms with Gasteiger partial charge in [0.05, 0.1) is 31.0 Å². The number of hydrogen-bond acceptors (Lipinski definition) is 9. The summed E-state index contributed by atoms with van der Waals surface area (Å²) in [6, 6.07) is 17.6. The third kappa shape index (κ3) is 7.68. The molecule has 5 aromatic rings. The van der Waals surface area contributed by atoms with Crippen LogP contribution in [-0.4, -0.2) is 54.4 Å². The number of carbonyl (C=O) groups excluding carboxylic acids is 2. The predicted molar refractivity (Wildman–Crippen MR) is 165 cm³/mol. The van der Waals surface area contributed by atoms with Gasteiger partial charge < -0.3 is 10.1 Å². The van der Waals surface area contributed by atoms with Crippen LogP contribution in [0.4, 0.5) is 0 Å². The van der Waals surface area contributed by atoms with E-state index >= 15 is 0 Å². The van der Waals surface area contributed by atoms with E-state index in [-0.39, 0.29) is 23.5 Å². The Balaban J connectivity index is 1.43. The summed E-state index contributed by atoms with van der Waals surface area (Å²) in [5.74, 6) is -0.702. The molecule has 1 unspecified atom stereocenters. The lowest BCUT2D eigenvalue weighted by atomic mass is 10.00. The zero-order valence-electron chi connectivity index (χ0n) is 23.7. The van der Waals surface area contributed by atoms with Crippen LogP contribution in [0.25, 0.3) is 22.9 Å². The van der Waals surface area contributed by atoms with Gasteiger partial charge in [-0.25, -0.2) is 0 Å². The summed E-state index contributed by atoms with van der Waals surface area (Å²) >= 11 is 12.7. The molecule has 0 spiro atoms. The largest absolute Gasteiger partial charge is 0.469 e. The molecular formula is C31H26Cl2N8O3. The van der Waals surface area contributed by atoms with E-state index in [1.165, 1.54) is 24.2 Å². The average molecular weight is 630 g/mol. The van der Waals surface area contributed by atoms with Gasteiger partial charge in [0.2, 0.25) is 5.91 Å². The molecule has 3 heterocycles. The molecule has 0 saturated carbocycles. The van der Waals surface area contributed by atoms with E-state index in [1.54, 1.807) is 36.5 Å². The minimum absolute atomic E-state index is 0.156. The van der Waals surface area contributed by atoms with Crippen molar-refractivity contribution in [3.8, 4) is 16.8 Å². The van der Waals surface area contributed by atoms with E-state index in [4.69, 9.17) is 27.9 Å². The maximum atomic E-state index is 13.3. The van der Waals surface area contributed by atoms with Crippen LogP contribution in [0.1, 0.15) is 34.1 Å². The van der Waals surface area contributed by atoms with E-state index in [1.807, 2.05) is 43.3 Å². The first-order chi connectivity index (χ1) is 21.3. The van der Waals surface area contributed by atoms with Gasteiger partial charge in [-0.2, -0.15) is 9.78 Å². The quantitative estimate of drug-likeness (QED) is 0.168. The van der Waals surface area contributed by atoms with E-state index in [9.17, 15) is 9.59 Å². The molecule has 0 saturated heterocycles. The first kappa shape index (κ1) is 30.5. The number of amides is 1. The number of nitrogens with one attached hydrogen (secondary N) is 1. The fourth-order valence-electron chi connectivity index (χ4n) is 4.41. The number of tetrazole rings is 1. The molecule has 0 aliphatic carbocycles. The van der Waals surface area contributed by atoms with Gasteiger partial charge in [0, 0.05) is 34.1 Å². The molecule has 0 fully saturated rings. The molecule has 2 aromatic carbocycles. The molecule has 1 amide bonds. The van der Waals surface area contributed by atoms with E-state index < -0.39 is 6.04 Å². The summed E-state index contributed by atoms with van der Waals surface area (Å²) in [6.45, 7) is 1.90. The zero-order chi connectivity index (χ0) is 31.1. The Bertz CT molecular complexity index is 1790. The number of aromatic nitrogens is 7. The lowest BCUT2D eigenvalue weighted by Crippen LogP contribution is -2.29. The van der Waals surface area contributed by atoms with Crippen LogP contribution < -0.4 is 5.32 Å². The van der Waals surface area contributed by atoms with Gasteiger partial charge in [-0.05, 0) is 76.9 Å². The minimum atomic E-state index is -0.572. The molecule has 0 radical (unpaired) electrons. The van der Waals surface area contributed by atoms with Crippen molar-refractivity contribution >= 4 is 41.2 Å². The van der Waals surface area contributed by atoms with Gasteiger partial charge in [0.1, 0.15) is 6.33 Å². The fraction of sp³-hybridized carbons (Fsp3) is 0.161. The first-order valence-corrected chi connectivity index (χ1v) is 14.2. The topological polar surface area (TPSA) is 138 Å². The molecule has 44 heavy (non-hydrogen) atoms. The fourth-order valence-corrected chi connectivity index (χ4v) is 4.80. The van der Waals surface area contributed by atoms with Crippen LogP contribution in [0.3, 0.4) is 0 Å². The van der Waals surface area contributed by atoms with Crippen molar-refractivity contribution in [3.63, 3.8) is 0 Å². The summed E-state index contributed by atoms with van der Waals surface area (Å²) in [4.78, 5) is 29.3. The molecule has 1 atom stereocenters. The van der Waals surface area contributed by atoms with Crippen molar-refractivity contribution in [2.45, 2.75) is 25.8 Å². The number of benzene rings is 2. The van der Waals surface area contributed by atoms with Crippen molar-refractivity contribution in [2.24, 2.45) is 0 Å². The van der Waals surface area contributed by atoms with Gasteiger partial charge in [0.15, 0.2) is 5.15 Å². The van der Waals surface area contributed by atoms with Gasteiger partial charge in [-0.3, -0.25) is 14.6 Å². The van der Waals surface area contributed by atoms with Crippen LogP contribution in [0, 0.1) is 6.92 Å². The Hall–Kier alpha value is -5.00. The maximum absolute atomic E-state index is 13.3. The SMILES string of the molecule is COC(=O)Cc1ccc(-c2cc(C(Cc3ccc(C)nc3)NC(=O)/C=C/c3cc(Cl)ccc3-n3cnnn3)nnc2Cl)cc1. The lowest BCUT2D eigenvalue weighted by Gasteiger charge is -2.18. The van der Waals surface area contributed by atoms with Crippen LogP contribution in [0.15, 0.2) is 79.3 Å². The van der Waals surface area contributed by atoms with Crippen molar-refractivity contribution in [1.82, 2.24) is 40.7 Å². The normalized spacial score (nSPS) is 11.8. The number of nitrogens with zero attached hydrogens (tertiary/aromatic N) is 7. The summed E-state index contributed by atoms with van der Waals surface area (Å²) in [5, 5.41) is 23.5. The van der Waals surface area contributed by atoms with Gasteiger partial charge in [-0.15, -0.1) is 10.2 Å². The van der Waals surface area contributed by atoms with E-state index in [0.717, 1.165) is 22.4 Å². The number of esters is 1. The molecule has 5 rings (SSSR count). The first-order valence-electron chi connectivity index (χ1n) is 13.4. The molecule has 13 heteroatoms. The molecule has 3 aromatic heterocycles. The monoisotopic (exact) mass is 628 g/mol. The Labute approximate surface area is 262 Å². The Morgan fingerprint density at radius 2 is 1.82 bits per heavy atom. The van der Waals surface area contributed by atoms with Crippen LogP contribution in [0.2, 0.25) is 10.2 Å². The van der Waals surface area contributed by atoms with Crippen LogP contribution in [-0.2, 0) is 27.2 Å². The number of ether oxygens (including phenoxy) is 1. The second-order valence-corrected chi connectivity index (χ2v) is 10.6. The molecule has 11 nitrogen and oxygen atoms in total. The highest BCUT2D eigenvalue weighted by atomic mass is 35.5. The third-order valence-corrected chi connectivity index (χ3v) is 7.21. The number of hydrogen-bond donors (Lipinski definition) is 1. The number of pyridine rings is 1. The smallest absolute Gasteiger partial charge is 0.309 e. The summed E-state index contributed by atoms with van der Waals surface area (Å²) in [6.07, 6.45) is 6.81. The van der Waals surface area contributed by atoms with Crippen molar-refractivity contribution in [1.29, 1.82) is 0 Å². The number of halogens is 2. The highest BCUT2D eigenvalue weighted by Gasteiger charge is 2.20. The van der Waals surface area contributed by atoms with Gasteiger partial charge >= 0.3 is 5.97 Å². The minimum Gasteiger partial charge on any atom is -0.469 e. The molecule has 0 aliphatic heterocycles. The van der Waals surface area contributed by atoms with Crippen molar-refractivity contribution in [2.75, 3.05) is 7.11 Å². The molecule has 0 bridgehead atoms. The Morgan fingerprint density at radius 1 is 1.02 bits per heavy atom. The van der Waals surface area contributed by atoms with Gasteiger partial charge in [0.25, 0.3) is 0 Å². The lowest BCUT2D eigenvalue weighted by molar-refractivity contribution is -0.139. The highest BCUT2D eigenvalue weighted by molar-refractivity contribution is 6.32. The number of rotatable bonds is 10. The second kappa shape index (κ2) is 14.0. The zero-order valence-corrected chi connectivity index (χ0v) is 25.2. The van der Waals surface area contributed by atoms with Gasteiger partial charge in [-0.1, -0.05) is 53.5 Å². The number of carbonyl (C=O) groups is 2. The van der Waals surface area contributed by atoms with E-state index in [0.29, 0.717) is 34.0 Å². The average Bonchev–Trinajstić information content (AvgIpc) is 3.56. The Morgan fingerprint density at radius 3 is 2.52 bits per heavy atom. The molecule has 0 aliphatic rings. The third-order valence-electron chi connectivity index (χ3n) is 6.69. The standard InChI is InChI=1S/C31H26Cl2N8O3/c1-19-3-4-21(17-34-19)13-26(36-29(42)12-9-23-15-24(32)10-11-28(23)41-18-35-39-40-41)27-16-25(31(33)38-37-27)22-7-5-20(6-8-22)14-30(43)44-2/h3-12,15-18,26H,13-14H2,1-2H3,(H,36,42)/b12-9+. The predicted octanol–water partition coefficient (Wildman–Crippen LogP) is 4.96. The van der Waals surface area contributed by atoms with E-state index in [2.05, 4.69) is 36.0 Å². The Kier molecular flexibility index (Phi) is 9.68. The van der Waals surface area contributed by atoms with Crippen LogP contribution in [0.5, 0.6) is 0 Å². The summed E-state index contributed by atoms with van der Waals surface area (Å²) in [7, 11) is 1.35. The second-order valence-electron chi connectivity index (χ2n) is 9.79. The number of methoxy groups -OCH3 is 1. The number of aryl methyl sites for hydroxylation is 1. The molecular weight excluding hydrogens is 603 g/mol. The maximum Gasteiger partial charge on any atom is 0.309 e. The summed E-state index contributed by atoms with van der Waals surface area (Å²) < 4.78 is 6.23. The molecule has 1 N–H and O–H groups in total. The van der Waals surface area contributed by atoms with Crippen molar-refractivity contribution in [3.05, 3.63) is 118 Å². The molecule has 222 valence electrons. The highest BCUT2D eigenvalue weighted by Crippen LogP contribution is 2.29.